The number of hydrogen-bond acceptors (Lipinski definition) is 4. The van der Waals surface area contributed by atoms with E-state index >= 15 is 0 Å². The summed E-state index contributed by atoms with van der Waals surface area (Å²) < 4.78 is 1.71. The minimum Gasteiger partial charge on any atom is -0.308 e. The van der Waals surface area contributed by atoms with Gasteiger partial charge in [-0.05, 0) is 12.1 Å². The first kappa shape index (κ1) is 13.5. The summed E-state index contributed by atoms with van der Waals surface area (Å²) in [7, 11) is 1.84. The Morgan fingerprint density at radius 3 is 2.89 bits per heavy atom. The van der Waals surface area contributed by atoms with Crippen LogP contribution >= 0.6 is 11.6 Å². The number of nitro benzene ring substituents is 1. The van der Waals surface area contributed by atoms with Gasteiger partial charge in [-0.1, -0.05) is 11.6 Å². The Morgan fingerprint density at radius 2 is 2.26 bits per heavy atom. The average molecular weight is 281 g/mol. The van der Waals surface area contributed by atoms with Crippen LogP contribution in [0.2, 0.25) is 5.02 Å². The zero-order chi connectivity index (χ0) is 13.8. The molecule has 0 bridgehead atoms. The van der Waals surface area contributed by atoms with Crippen molar-refractivity contribution < 1.29 is 4.92 Å². The van der Waals surface area contributed by atoms with Crippen LogP contribution in [-0.2, 0) is 20.1 Å². The maximum atomic E-state index is 10.9. The summed E-state index contributed by atoms with van der Waals surface area (Å²) in [6.45, 7) is 0.975. The number of nitrogens with one attached hydrogen (secondary N) is 1. The molecule has 0 radical (unpaired) electrons. The monoisotopic (exact) mass is 280 g/mol. The van der Waals surface area contributed by atoms with Crippen LogP contribution in [0.1, 0.15) is 11.1 Å². The average Bonchev–Trinajstić information content (AvgIpc) is 2.75. The van der Waals surface area contributed by atoms with E-state index in [4.69, 9.17) is 11.6 Å². The number of hydrogen-bond donors (Lipinski definition) is 1. The molecule has 0 saturated carbocycles. The molecule has 0 aliphatic carbocycles. The predicted molar refractivity (Wildman–Crippen MR) is 71.9 cm³/mol. The van der Waals surface area contributed by atoms with Crippen LogP contribution in [0.25, 0.3) is 0 Å². The number of nitro groups is 1. The van der Waals surface area contributed by atoms with Gasteiger partial charge in [0.1, 0.15) is 0 Å². The Kier molecular flexibility index (Phi) is 4.13. The van der Waals surface area contributed by atoms with Gasteiger partial charge in [-0.25, -0.2) is 0 Å². The van der Waals surface area contributed by atoms with Crippen LogP contribution in [0.15, 0.2) is 30.6 Å². The van der Waals surface area contributed by atoms with Crippen molar-refractivity contribution in [1.82, 2.24) is 15.1 Å². The molecule has 1 N–H and O–H groups in total. The fourth-order valence-corrected chi connectivity index (χ4v) is 1.97. The van der Waals surface area contributed by atoms with Crippen molar-refractivity contribution >= 4 is 17.3 Å². The number of benzene rings is 1. The SMILES string of the molecule is Cn1cc(CNCc2cc(Cl)ccc2[N+](=O)[O-])cn1. The maximum Gasteiger partial charge on any atom is 0.273 e. The Balaban J connectivity index is 2.02. The summed E-state index contributed by atoms with van der Waals surface area (Å²) in [5, 5.41) is 18.6. The minimum absolute atomic E-state index is 0.0723. The van der Waals surface area contributed by atoms with Gasteiger partial charge >= 0.3 is 0 Å². The summed E-state index contributed by atoms with van der Waals surface area (Å²) >= 11 is 5.86. The molecule has 7 heteroatoms. The molecule has 6 nitrogen and oxygen atoms in total. The highest BCUT2D eigenvalue weighted by atomic mass is 35.5. The smallest absolute Gasteiger partial charge is 0.273 e. The Morgan fingerprint density at radius 1 is 1.47 bits per heavy atom. The van der Waals surface area contributed by atoms with Crippen LogP contribution < -0.4 is 5.32 Å². The zero-order valence-corrected chi connectivity index (χ0v) is 11.1. The number of aromatic nitrogens is 2. The summed E-state index contributed by atoms with van der Waals surface area (Å²) in [5.74, 6) is 0. The zero-order valence-electron chi connectivity index (χ0n) is 10.3. The van der Waals surface area contributed by atoms with Crippen LogP contribution in [0, 0.1) is 10.1 Å². The van der Waals surface area contributed by atoms with Crippen LogP contribution in [0.3, 0.4) is 0 Å². The number of nitrogens with zero attached hydrogens (tertiary/aromatic N) is 3. The second-order valence-electron chi connectivity index (χ2n) is 4.16. The molecule has 1 aromatic heterocycles. The van der Waals surface area contributed by atoms with Crippen LogP contribution in [0.5, 0.6) is 0 Å². The number of rotatable bonds is 5. The van der Waals surface area contributed by atoms with Crippen molar-refractivity contribution in [3.05, 3.63) is 56.9 Å². The summed E-state index contributed by atoms with van der Waals surface area (Å²) in [6, 6.07) is 4.55. The molecule has 0 aliphatic heterocycles. The van der Waals surface area contributed by atoms with E-state index in [0.717, 1.165) is 5.56 Å². The molecular formula is C12H13ClN4O2. The Labute approximate surface area is 115 Å². The first-order chi connectivity index (χ1) is 9.06. The Bertz CT molecular complexity index is 597. The van der Waals surface area contributed by atoms with Crippen molar-refractivity contribution in [3.8, 4) is 0 Å². The van der Waals surface area contributed by atoms with Crippen molar-refractivity contribution in [1.29, 1.82) is 0 Å². The first-order valence-corrected chi connectivity index (χ1v) is 6.05. The highest BCUT2D eigenvalue weighted by Crippen LogP contribution is 2.22. The van der Waals surface area contributed by atoms with E-state index in [1.165, 1.54) is 12.1 Å². The molecule has 1 heterocycles. The van der Waals surface area contributed by atoms with Crippen molar-refractivity contribution in [2.24, 2.45) is 7.05 Å². The van der Waals surface area contributed by atoms with E-state index in [0.29, 0.717) is 23.7 Å². The highest BCUT2D eigenvalue weighted by molar-refractivity contribution is 6.30. The lowest BCUT2D eigenvalue weighted by atomic mass is 10.2. The summed E-state index contributed by atoms with van der Waals surface area (Å²) in [4.78, 5) is 10.5. The Hall–Kier alpha value is -1.92. The summed E-state index contributed by atoms with van der Waals surface area (Å²) in [5.41, 5.74) is 1.66. The van der Waals surface area contributed by atoms with E-state index in [2.05, 4.69) is 10.4 Å². The fourth-order valence-electron chi connectivity index (χ4n) is 1.78. The molecule has 0 saturated heterocycles. The molecule has 2 aromatic rings. The third kappa shape index (κ3) is 3.52. The van der Waals surface area contributed by atoms with Gasteiger partial charge in [0, 0.05) is 48.5 Å². The molecule has 100 valence electrons. The van der Waals surface area contributed by atoms with E-state index in [1.807, 2.05) is 13.2 Å². The number of halogens is 1. The molecule has 0 amide bonds. The molecule has 0 fully saturated rings. The maximum absolute atomic E-state index is 10.9. The van der Waals surface area contributed by atoms with Crippen molar-refractivity contribution in [2.45, 2.75) is 13.1 Å². The van der Waals surface area contributed by atoms with Crippen molar-refractivity contribution in [2.75, 3.05) is 0 Å². The second kappa shape index (κ2) is 5.81. The van der Waals surface area contributed by atoms with Gasteiger partial charge in [-0.15, -0.1) is 0 Å². The van der Waals surface area contributed by atoms with Crippen LogP contribution in [-0.4, -0.2) is 14.7 Å². The van der Waals surface area contributed by atoms with E-state index in [1.54, 1.807) is 16.9 Å². The quantitative estimate of drug-likeness (QED) is 0.673. The molecule has 0 unspecified atom stereocenters. The second-order valence-corrected chi connectivity index (χ2v) is 4.59. The van der Waals surface area contributed by atoms with Gasteiger partial charge in [0.2, 0.25) is 0 Å². The molecule has 19 heavy (non-hydrogen) atoms. The predicted octanol–water partition coefficient (Wildman–Crippen LogP) is 2.27. The standard InChI is InChI=1S/C12H13ClN4O2/c1-16-8-9(6-15-16)5-14-7-10-4-11(13)2-3-12(10)17(18)19/h2-4,6,8,14H,5,7H2,1H3. The summed E-state index contributed by atoms with van der Waals surface area (Å²) in [6.07, 6.45) is 3.64. The third-order valence-electron chi connectivity index (χ3n) is 2.64. The topological polar surface area (TPSA) is 73.0 Å². The largest absolute Gasteiger partial charge is 0.308 e. The minimum atomic E-state index is -0.405. The molecule has 0 spiro atoms. The fraction of sp³-hybridized carbons (Fsp3) is 0.250. The normalized spacial score (nSPS) is 10.6. The lowest BCUT2D eigenvalue weighted by Crippen LogP contribution is -2.13. The van der Waals surface area contributed by atoms with E-state index in [-0.39, 0.29) is 5.69 Å². The first-order valence-electron chi connectivity index (χ1n) is 5.67. The third-order valence-corrected chi connectivity index (χ3v) is 2.88. The van der Waals surface area contributed by atoms with Gasteiger partial charge in [-0.2, -0.15) is 5.10 Å². The van der Waals surface area contributed by atoms with Gasteiger partial charge in [0.15, 0.2) is 0 Å². The highest BCUT2D eigenvalue weighted by Gasteiger charge is 2.13. The van der Waals surface area contributed by atoms with E-state index in [9.17, 15) is 10.1 Å². The van der Waals surface area contributed by atoms with Gasteiger partial charge < -0.3 is 5.32 Å². The van der Waals surface area contributed by atoms with Gasteiger partial charge in [0.05, 0.1) is 11.1 Å². The van der Waals surface area contributed by atoms with Crippen molar-refractivity contribution in [3.63, 3.8) is 0 Å². The van der Waals surface area contributed by atoms with E-state index < -0.39 is 4.92 Å². The molecule has 2 rings (SSSR count). The molecule has 1 aromatic carbocycles. The molecule has 0 aliphatic rings. The van der Waals surface area contributed by atoms with Gasteiger partial charge in [0.25, 0.3) is 5.69 Å². The lowest BCUT2D eigenvalue weighted by Gasteiger charge is -2.05. The lowest BCUT2D eigenvalue weighted by molar-refractivity contribution is -0.385. The number of aryl methyl sites for hydroxylation is 1. The molecule has 0 atom stereocenters. The van der Waals surface area contributed by atoms with Crippen LogP contribution in [0.4, 0.5) is 5.69 Å². The van der Waals surface area contributed by atoms with Gasteiger partial charge in [-0.3, -0.25) is 14.8 Å². The molecular weight excluding hydrogens is 268 g/mol.